The van der Waals surface area contributed by atoms with Crippen molar-refractivity contribution in [2.24, 2.45) is 5.18 Å². The number of hydrogen-bond donors (Lipinski definition) is 3. The minimum atomic E-state index is -0.291. The predicted octanol–water partition coefficient (Wildman–Crippen LogP) is 7.69. The second-order valence-corrected chi connectivity index (χ2v) is 15.3. The summed E-state index contributed by atoms with van der Waals surface area (Å²) in [4.78, 5) is 37.0. The first-order chi connectivity index (χ1) is 18.6. The van der Waals surface area contributed by atoms with Gasteiger partial charge in [0.25, 0.3) is 0 Å². The molecule has 0 bridgehead atoms. The number of aromatic hydroxyl groups is 1. The molecule has 7 nitrogen and oxygen atoms in total. The van der Waals surface area contributed by atoms with E-state index in [1.165, 1.54) is 0 Å². The molecule has 0 atom stereocenters. The maximum absolute atomic E-state index is 12.6. The number of carbonyl (C=O) groups is 2. The molecular weight excluding hydrogens is 514 g/mol. The zero-order chi connectivity index (χ0) is 31.6. The molecule has 0 aliphatic rings. The summed E-state index contributed by atoms with van der Waals surface area (Å²) in [5.41, 5.74) is 9.84. The van der Waals surface area contributed by atoms with Gasteiger partial charge >= 0.3 is 0 Å². The molecule has 7 heteroatoms. The van der Waals surface area contributed by atoms with Crippen LogP contribution in [0.3, 0.4) is 0 Å². The van der Waals surface area contributed by atoms with Crippen LogP contribution in [0.1, 0.15) is 129 Å². The second-order valence-electron chi connectivity index (χ2n) is 15.3. The lowest BCUT2D eigenvalue weighted by Crippen LogP contribution is -2.41. The Kier molecular flexibility index (Phi) is 10.2. The van der Waals surface area contributed by atoms with Crippen molar-refractivity contribution < 1.29 is 14.7 Å². The van der Waals surface area contributed by atoms with E-state index in [2.05, 4.69) is 57.6 Å². The van der Waals surface area contributed by atoms with E-state index >= 15 is 0 Å². The molecular formula is C34H51N3O4. The fourth-order valence-electron chi connectivity index (χ4n) is 4.84. The molecule has 0 aromatic heterocycles. The maximum Gasteiger partial charge on any atom is 0.238 e. The molecule has 0 saturated heterocycles. The Balaban J connectivity index is 2.07. The smallest absolute Gasteiger partial charge is 0.238 e. The first kappa shape index (κ1) is 34.0. The SMILES string of the molecule is CC(C)(C)c1cc(CCC(=O)NNC(=O)CCc2cc(C(C)(C)C)c(N=O)c(C(C)(C)C)c2)cc(C(C)(C)C)c1O. The highest BCUT2D eigenvalue weighted by Crippen LogP contribution is 2.41. The van der Waals surface area contributed by atoms with Gasteiger partial charge < -0.3 is 5.11 Å². The van der Waals surface area contributed by atoms with E-state index in [4.69, 9.17) is 0 Å². The minimum absolute atomic E-state index is 0.184. The number of nitrogens with zero attached hydrogens (tertiary/aromatic N) is 1. The van der Waals surface area contributed by atoms with Crippen molar-refractivity contribution in [3.05, 3.63) is 62.6 Å². The summed E-state index contributed by atoms with van der Waals surface area (Å²) in [5, 5.41) is 14.3. The van der Waals surface area contributed by atoms with Gasteiger partial charge in [-0.15, -0.1) is 4.91 Å². The minimum Gasteiger partial charge on any atom is -0.507 e. The van der Waals surface area contributed by atoms with Gasteiger partial charge in [0.15, 0.2) is 0 Å². The van der Waals surface area contributed by atoms with Crippen molar-refractivity contribution in [2.75, 3.05) is 0 Å². The van der Waals surface area contributed by atoms with Gasteiger partial charge in [0, 0.05) is 12.8 Å². The largest absolute Gasteiger partial charge is 0.507 e. The van der Waals surface area contributed by atoms with Crippen LogP contribution in [0.15, 0.2) is 29.4 Å². The normalized spacial score (nSPS) is 12.7. The Morgan fingerprint density at radius 1 is 0.610 bits per heavy atom. The van der Waals surface area contributed by atoms with Crippen molar-refractivity contribution >= 4 is 17.5 Å². The first-order valence-corrected chi connectivity index (χ1v) is 14.5. The molecule has 2 amide bonds. The predicted molar refractivity (Wildman–Crippen MR) is 168 cm³/mol. The summed E-state index contributed by atoms with van der Waals surface area (Å²) in [6.45, 7) is 24.6. The van der Waals surface area contributed by atoms with Crippen LogP contribution < -0.4 is 10.9 Å². The highest BCUT2D eigenvalue weighted by molar-refractivity contribution is 5.82. The number of nitrogens with one attached hydrogen (secondary N) is 2. The van der Waals surface area contributed by atoms with Gasteiger partial charge in [0.1, 0.15) is 11.4 Å². The second kappa shape index (κ2) is 12.3. The maximum atomic E-state index is 12.6. The molecule has 0 unspecified atom stereocenters. The molecule has 0 aliphatic carbocycles. The Morgan fingerprint density at radius 2 is 0.902 bits per heavy atom. The zero-order valence-electron chi connectivity index (χ0n) is 27.3. The molecule has 41 heavy (non-hydrogen) atoms. The number of benzene rings is 2. The van der Waals surface area contributed by atoms with Gasteiger partial charge in [-0.2, -0.15) is 0 Å². The summed E-state index contributed by atoms with van der Waals surface area (Å²) in [6, 6.07) is 7.87. The molecule has 0 spiro atoms. The van der Waals surface area contributed by atoms with E-state index in [-0.39, 0.29) is 46.3 Å². The third-order valence-corrected chi connectivity index (χ3v) is 7.29. The molecule has 2 aromatic carbocycles. The third kappa shape index (κ3) is 9.14. The van der Waals surface area contributed by atoms with Gasteiger partial charge in [0.05, 0.1) is 0 Å². The van der Waals surface area contributed by atoms with E-state index in [1.54, 1.807) is 0 Å². The Morgan fingerprint density at radius 3 is 1.17 bits per heavy atom. The number of hydrogen-bond acceptors (Lipinski definition) is 5. The highest BCUT2D eigenvalue weighted by atomic mass is 16.3. The van der Waals surface area contributed by atoms with Gasteiger partial charge in [-0.3, -0.25) is 20.4 Å². The fourth-order valence-corrected chi connectivity index (χ4v) is 4.84. The number of rotatable bonds is 7. The van der Waals surface area contributed by atoms with Crippen molar-refractivity contribution in [3.63, 3.8) is 0 Å². The van der Waals surface area contributed by atoms with Crippen LogP contribution in [0.2, 0.25) is 0 Å². The molecule has 2 rings (SSSR count). The van der Waals surface area contributed by atoms with Crippen LogP contribution in [-0.4, -0.2) is 16.9 Å². The van der Waals surface area contributed by atoms with Crippen LogP contribution in [0, 0.1) is 4.91 Å². The zero-order valence-corrected chi connectivity index (χ0v) is 27.3. The van der Waals surface area contributed by atoms with Crippen molar-refractivity contribution in [2.45, 2.75) is 130 Å². The molecule has 0 aliphatic heterocycles. The highest BCUT2D eigenvalue weighted by Gasteiger charge is 2.28. The number of phenolic OH excluding ortho intramolecular Hbond substituents is 1. The van der Waals surface area contributed by atoms with Gasteiger partial charge in [-0.25, -0.2) is 0 Å². The van der Waals surface area contributed by atoms with E-state index < -0.39 is 0 Å². The van der Waals surface area contributed by atoms with Crippen LogP contribution in [0.25, 0.3) is 0 Å². The number of amides is 2. The van der Waals surface area contributed by atoms with Crippen LogP contribution in [-0.2, 0) is 44.1 Å². The average molecular weight is 566 g/mol. The number of hydrazine groups is 1. The van der Waals surface area contributed by atoms with Crippen LogP contribution in [0.5, 0.6) is 5.75 Å². The molecule has 226 valence electrons. The molecule has 3 N–H and O–H groups in total. The quantitative estimate of drug-likeness (QED) is 0.236. The summed E-state index contributed by atoms with van der Waals surface area (Å²) in [5.74, 6) is -0.264. The summed E-state index contributed by atoms with van der Waals surface area (Å²) < 4.78 is 0. The molecule has 0 fully saturated rings. The molecule has 0 heterocycles. The average Bonchev–Trinajstić information content (AvgIpc) is 2.82. The number of aryl methyl sites for hydroxylation is 2. The van der Waals surface area contributed by atoms with E-state index in [9.17, 15) is 19.6 Å². The molecule has 0 saturated carbocycles. The van der Waals surface area contributed by atoms with Gasteiger partial charge in [-0.05, 0) is 73.1 Å². The van der Waals surface area contributed by atoms with Crippen LogP contribution in [0.4, 0.5) is 5.69 Å². The number of carbonyl (C=O) groups excluding carboxylic acids is 2. The van der Waals surface area contributed by atoms with Crippen molar-refractivity contribution in [1.29, 1.82) is 0 Å². The monoisotopic (exact) mass is 565 g/mol. The van der Waals surface area contributed by atoms with E-state index in [1.807, 2.05) is 65.8 Å². The number of nitroso groups, excluding NO2 is 1. The van der Waals surface area contributed by atoms with Crippen molar-refractivity contribution in [1.82, 2.24) is 10.9 Å². The van der Waals surface area contributed by atoms with Gasteiger partial charge in [-0.1, -0.05) is 107 Å². The van der Waals surface area contributed by atoms with Crippen LogP contribution >= 0.6 is 0 Å². The van der Waals surface area contributed by atoms with E-state index in [0.29, 0.717) is 24.3 Å². The number of phenols is 1. The first-order valence-electron chi connectivity index (χ1n) is 14.5. The lowest BCUT2D eigenvalue weighted by atomic mass is 9.77. The lowest BCUT2D eigenvalue weighted by Gasteiger charge is -2.28. The Labute approximate surface area is 246 Å². The third-order valence-electron chi connectivity index (χ3n) is 7.29. The summed E-state index contributed by atoms with van der Waals surface area (Å²) in [6.07, 6.45) is 1.33. The summed E-state index contributed by atoms with van der Waals surface area (Å²) in [7, 11) is 0. The topological polar surface area (TPSA) is 108 Å². The standard InChI is InChI=1S/C34H51N3O4/c1-31(2,3)23-17-21(18-24(29(23)37-41)32(4,5)6)13-15-27(38)35-36-28(39)16-14-22-19-25(33(7,8)9)30(40)26(20-22)34(10,11)12/h17-20,40H,13-16H2,1-12H3,(H,35,38)(H,36,39). The lowest BCUT2D eigenvalue weighted by molar-refractivity contribution is -0.128. The Hall–Kier alpha value is -3.22. The molecule has 2 aromatic rings. The Bertz CT molecular complexity index is 1210. The van der Waals surface area contributed by atoms with E-state index in [0.717, 1.165) is 33.4 Å². The summed E-state index contributed by atoms with van der Waals surface area (Å²) >= 11 is 0. The van der Waals surface area contributed by atoms with Gasteiger partial charge in [0.2, 0.25) is 11.8 Å². The molecule has 0 radical (unpaired) electrons. The fraction of sp³-hybridized carbons (Fsp3) is 0.588. The van der Waals surface area contributed by atoms with Crippen molar-refractivity contribution in [3.8, 4) is 5.75 Å².